The lowest BCUT2D eigenvalue weighted by atomic mass is 10.0. The number of carbonyl (C=O) groups excluding carboxylic acids is 1. The minimum absolute atomic E-state index is 0.140. The molecule has 0 fully saturated rings. The van der Waals surface area contributed by atoms with E-state index in [2.05, 4.69) is 0 Å². The lowest BCUT2D eigenvalue weighted by Crippen LogP contribution is -2.20. The summed E-state index contributed by atoms with van der Waals surface area (Å²) in [7, 11) is 0. The summed E-state index contributed by atoms with van der Waals surface area (Å²) in [5.41, 5.74) is 12.9. The van der Waals surface area contributed by atoms with E-state index in [0.29, 0.717) is 0 Å². The molecule has 1 heterocycles. The molecule has 4 nitrogen and oxygen atoms in total. The van der Waals surface area contributed by atoms with Crippen LogP contribution in [-0.4, -0.2) is 5.91 Å². The fraction of sp³-hybridized carbons (Fsp3) is 0.214. The maximum Gasteiger partial charge on any atom is 0.219 e. The third-order valence-corrected chi connectivity index (χ3v) is 2.76. The van der Waals surface area contributed by atoms with Crippen molar-refractivity contribution in [3.8, 4) is 11.3 Å². The standard InChI is InChI=1S/C14H16N2O2/c1-9-5-6-13(18-9)11-4-2-3-10(7-11)12(15)8-14(16)17/h2-7,12H,8,15H2,1H3,(H2,16,17). The maximum atomic E-state index is 10.9. The van der Waals surface area contributed by atoms with Crippen LogP contribution in [0.4, 0.5) is 0 Å². The molecule has 94 valence electrons. The fourth-order valence-electron chi connectivity index (χ4n) is 1.85. The maximum absolute atomic E-state index is 10.9. The highest BCUT2D eigenvalue weighted by molar-refractivity contribution is 5.74. The quantitative estimate of drug-likeness (QED) is 0.864. The van der Waals surface area contributed by atoms with Crippen LogP contribution in [0.5, 0.6) is 0 Å². The number of aryl methyl sites for hydroxylation is 1. The van der Waals surface area contributed by atoms with Crippen LogP contribution in [0.3, 0.4) is 0 Å². The summed E-state index contributed by atoms with van der Waals surface area (Å²) in [5.74, 6) is 1.25. The van der Waals surface area contributed by atoms with Crippen molar-refractivity contribution >= 4 is 5.91 Å². The van der Waals surface area contributed by atoms with E-state index < -0.39 is 5.91 Å². The normalized spacial score (nSPS) is 12.3. The summed E-state index contributed by atoms with van der Waals surface area (Å²) in [6, 6.07) is 11.1. The number of furan rings is 1. The van der Waals surface area contributed by atoms with Crippen LogP contribution >= 0.6 is 0 Å². The average Bonchev–Trinajstić information content (AvgIpc) is 2.75. The first-order chi connectivity index (χ1) is 8.56. The Balaban J connectivity index is 2.27. The van der Waals surface area contributed by atoms with Gasteiger partial charge in [0.15, 0.2) is 0 Å². The van der Waals surface area contributed by atoms with Crippen LogP contribution in [0.25, 0.3) is 11.3 Å². The molecule has 1 aromatic carbocycles. The van der Waals surface area contributed by atoms with Crippen molar-refractivity contribution in [3.63, 3.8) is 0 Å². The highest BCUT2D eigenvalue weighted by Gasteiger charge is 2.11. The van der Waals surface area contributed by atoms with E-state index >= 15 is 0 Å². The highest BCUT2D eigenvalue weighted by atomic mass is 16.3. The molecule has 2 rings (SSSR count). The molecule has 1 aromatic heterocycles. The SMILES string of the molecule is Cc1ccc(-c2cccc(C(N)CC(N)=O)c2)o1. The third kappa shape index (κ3) is 2.78. The van der Waals surface area contributed by atoms with Crippen molar-refractivity contribution in [1.29, 1.82) is 0 Å². The second-order valence-electron chi connectivity index (χ2n) is 4.31. The number of benzene rings is 1. The molecule has 0 aliphatic rings. The molecule has 0 radical (unpaired) electrons. The van der Waals surface area contributed by atoms with Gasteiger partial charge < -0.3 is 15.9 Å². The van der Waals surface area contributed by atoms with Crippen LogP contribution in [0, 0.1) is 6.92 Å². The van der Waals surface area contributed by atoms with Crippen molar-refractivity contribution < 1.29 is 9.21 Å². The van der Waals surface area contributed by atoms with Gasteiger partial charge in [-0.15, -0.1) is 0 Å². The third-order valence-electron chi connectivity index (χ3n) is 2.76. The van der Waals surface area contributed by atoms with Crippen molar-refractivity contribution in [2.45, 2.75) is 19.4 Å². The summed E-state index contributed by atoms with van der Waals surface area (Å²) >= 11 is 0. The van der Waals surface area contributed by atoms with E-state index in [9.17, 15) is 4.79 Å². The minimum Gasteiger partial charge on any atom is -0.461 e. The molecule has 0 aliphatic carbocycles. The molecule has 1 unspecified atom stereocenters. The second-order valence-corrected chi connectivity index (χ2v) is 4.31. The van der Waals surface area contributed by atoms with Crippen LogP contribution < -0.4 is 11.5 Å². The van der Waals surface area contributed by atoms with Gasteiger partial charge in [-0.1, -0.05) is 18.2 Å². The van der Waals surface area contributed by atoms with E-state index in [1.807, 2.05) is 43.3 Å². The summed E-state index contributed by atoms with van der Waals surface area (Å²) in [5, 5.41) is 0. The Morgan fingerprint density at radius 3 is 2.72 bits per heavy atom. The Bertz CT molecular complexity index is 560. The fourth-order valence-corrected chi connectivity index (χ4v) is 1.85. The van der Waals surface area contributed by atoms with Crippen LogP contribution in [0.15, 0.2) is 40.8 Å². The van der Waals surface area contributed by atoms with Crippen molar-refractivity contribution in [2.75, 3.05) is 0 Å². The zero-order valence-corrected chi connectivity index (χ0v) is 10.2. The lowest BCUT2D eigenvalue weighted by molar-refractivity contribution is -0.118. The Morgan fingerprint density at radius 1 is 1.33 bits per heavy atom. The van der Waals surface area contributed by atoms with Gasteiger partial charge in [0, 0.05) is 18.0 Å². The first kappa shape index (κ1) is 12.4. The smallest absolute Gasteiger partial charge is 0.219 e. The van der Waals surface area contributed by atoms with Gasteiger partial charge in [-0.05, 0) is 30.7 Å². The number of amides is 1. The van der Waals surface area contributed by atoms with Gasteiger partial charge in [0.1, 0.15) is 11.5 Å². The van der Waals surface area contributed by atoms with E-state index in [0.717, 1.165) is 22.6 Å². The number of carbonyl (C=O) groups is 1. The summed E-state index contributed by atoms with van der Waals surface area (Å²) in [4.78, 5) is 10.9. The zero-order valence-electron chi connectivity index (χ0n) is 10.2. The molecule has 0 saturated heterocycles. The molecular formula is C14H16N2O2. The van der Waals surface area contributed by atoms with Gasteiger partial charge in [0.2, 0.25) is 5.91 Å². The van der Waals surface area contributed by atoms with Crippen LogP contribution in [0.1, 0.15) is 23.8 Å². The molecule has 4 N–H and O–H groups in total. The Hall–Kier alpha value is -2.07. The lowest BCUT2D eigenvalue weighted by Gasteiger charge is -2.10. The molecule has 1 atom stereocenters. The summed E-state index contributed by atoms with van der Waals surface area (Å²) < 4.78 is 5.55. The second kappa shape index (κ2) is 5.06. The van der Waals surface area contributed by atoms with Gasteiger partial charge in [-0.25, -0.2) is 0 Å². The van der Waals surface area contributed by atoms with Gasteiger partial charge in [-0.3, -0.25) is 4.79 Å². The van der Waals surface area contributed by atoms with Crippen molar-refractivity contribution in [1.82, 2.24) is 0 Å². The van der Waals surface area contributed by atoms with Gasteiger partial charge in [0.25, 0.3) is 0 Å². The zero-order chi connectivity index (χ0) is 13.1. The van der Waals surface area contributed by atoms with E-state index in [-0.39, 0.29) is 12.5 Å². The van der Waals surface area contributed by atoms with Crippen molar-refractivity contribution in [2.24, 2.45) is 11.5 Å². The predicted molar refractivity (Wildman–Crippen MR) is 69.6 cm³/mol. The average molecular weight is 244 g/mol. The van der Waals surface area contributed by atoms with Gasteiger partial charge >= 0.3 is 0 Å². The van der Waals surface area contributed by atoms with Gasteiger partial charge in [-0.2, -0.15) is 0 Å². The molecule has 18 heavy (non-hydrogen) atoms. The largest absolute Gasteiger partial charge is 0.461 e. The monoisotopic (exact) mass is 244 g/mol. The molecule has 0 saturated carbocycles. The topological polar surface area (TPSA) is 82.2 Å². The molecule has 0 aliphatic heterocycles. The number of hydrogen-bond acceptors (Lipinski definition) is 3. The Morgan fingerprint density at radius 2 is 2.11 bits per heavy atom. The molecule has 0 bridgehead atoms. The summed E-state index contributed by atoms with van der Waals surface area (Å²) in [6.07, 6.45) is 0.140. The number of nitrogens with two attached hydrogens (primary N) is 2. The molecule has 1 amide bonds. The Labute approximate surface area is 106 Å². The number of rotatable bonds is 4. The molecule has 4 heteroatoms. The van der Waals surface area contributed by atoms with E-state index in [1.165, 1.54) is 0 Å². The molecule has 0 spiro atoms. The predicted octanol–water partition coefficient (Wildman–Crippen LogP) is 2.13. The number of hydrogen-bond donors (Lipinski definition) is 2. The first-order valence-corrected chi connectivity index (χ1v) is 5.77. The van der Waals surface area contributed by atoms with E-state index in [1.54, 1.807) is 0 Å². The first-order valence-electron chi connectivity index (χ1n) is 5.77. The van der Waals surface area contributed by atoms with Gasteiger partial charge in [0.05, 0.1) is 0 Å². The van der Waals surface area contributed by atoms with Crippen LogP contribution in [-0.2, 0) is 4.79 Å². The Kier molecular flexibility index (Phi) is 3.48. The molecule has 2 aromatic rings. The van der Waals surface area contributed by atoms with Crippen LogP contribution in [0.2, 0.25) is 0 Å². The minimum atomic E-state index is -0.401. The molecular weight excluding hydrogens is 228 g/mol. The highest BCUT2D eigenvalue weighted by Crippen LogP contribution is 2.25. The van der Waals surface area contributed by atoms with Crippen molar-refractivity contribution in [3.05, 3.63) is 47.7 Å². The van der Waals surface area contributed by atoms with E-state index in [4.69, 9.17) is 15.9 Å². The summed E-state index contributed by atoms with van der Waals surface area (Å²) in [6.45, 7) is 1.90. The number of primary amides is 1.